The van der Waals surface area contributed by atoms with Crippen LogP contribution in [0, 0.1) is 0 Å². The fourth-order valence-corrected chi connectivity index (χ4v) is 4.00. The van der Waals surface area contributed by atoms with Crippen LogP contribution in [0.2, 0.25) is 30.1 Å². The van der Waals surface area contributed by atoms with Gasteiger partial charge in [-0.05, 0) is 29.8 Å². The molecule has 118 valence electrons. The molecular weight excluding hydrogens is 439 g/mol. The highest BCUT2D eigenvalue weighted by Gasteiger charge is 2.13. The Morgan fingerprint density at radius 1 is 0.652 bits per heavy atom. The van der Waals surface area contributed by atoms with Crippen molar-refractivity contribution in [3.8, 4) is 21.0 Å². The Morgan fingerprint density at radius 3 is 1.57 bits per heavy atom. The quantitative estimate of drug-likeness (QED) is 0.362. The fourth-order valence-electron chi connectivity index (χ4n) is 1.92. The van der Waals surface area contributed by atoms with Crippen molar-refractivity contribution in [1.82, 2.24) is 4.98 Å². The molecule has 0 spiro atoms. The monoisotopic (exact) mass is 441 g/mol. The summed E-state index contributed by atoms with van der Waals surface area (Å²) in [5.41, 5.74) is 1.62. The van der Waals surface area contributed by atoms with Gasteiger partial charge in [-0.25, -0.2) is 4.98 Å². The second kappa shape index (κ2) is 6.97. The number of hydrogen-bond acceptors (Lipinski definition) is 2. The summed E-state index contributed by atoms with van der Waals surface area (Å²) in [7, 11) is 0. The standard InChI is InChI=1S/C15H5Cl6NS/c16-8-1-6(2-9(17)13(8)20)12-5-22-15(23-12)7-3-10(18)14(21)11(19)4-7/h1-5H. The largest absolute Gasteiger partial charge is 0.244 e. The smallest absolute Gasteiger partial charge is 0.123 e. The zero-order chi connectivity index (χ0) is 16.7. The van der Waals surface area contributed by atoms with E-state index in [0.29, 0.717) is 30.1 Å². The van der Waals surface area contributed by atoms with Crippen LogP contribution in [0.25, 0.3) is 21.0 Å². The molecule has 0 N–H and O–H groups in total. The molecule has 1 aromatic heterocycles. The molecule has 3 rings (SSSR count). The molecule has 3 aromatic rings. The van der Waals surface area contributed by atoms with Gasteiger partial charge < -0.3 is 0 Å². The van der Waals surface area contributed by atoms with Crippen LogP contribution in [0.1, 0.15) is 0 Å². The van der Waals surface area contributed by atoms with Crippen LogP contribution >= 0.6 is 80.9 Å². The molecule has 0 saturated heterocycles. The lowest BCUT2D eigenvalue weighted by molar-refractivity contribution is 1.41. The first-order valence-electron chi connectivity index (χ1n) is 6.12. The minimum Gasteiger partial charge on any atom is -0.244 e. The van der Waals surface area contributed by atoms with Gasteiger partial charge in [0, 0.05) is 11.8 Å². The number of halogens is 6. The Kier molecular flexibility index (Phi) is 5.34. The summed E-state index contributed by atoms with van der Waals surface area (Å²) < 4.78 is 0. The molecule has 0 bridgehead atoms. The Hall–Kier alpha value is -0.190. The van der Waals surface area contributed by atoms with Crippen LogP contribution in [0.5, 0.6) is 0 Å². The van der Waals surface area contributed by atoms with Gasteiger partial charge in [0.15, 0.2) is 0 Å². The van der Waals surface area contributed by atoms with Gasteiger partial charge in [0.2, 0.25) is 0 Å². The molecule has 0 aliphatic carbocycles. The maximum atomic E-state index is 6.07. The van der Waals surface area contributed by atoms with E-state index in [-0.39, 0.29) is 0 Å². The van der Waals surface area contributed by atoms with Crippen molar-refractivity contribution in [2.75, 3.05) is 0 Å². The van der Waals surface area contributed by atoms with Crippen molar-refractivity contribution in [3.05, 3.63) is 60.6 Å². The zero-order valence-electron chi connectivity index (χ0n) is 11.0. The van der Waals surface area contributed by atoms with Crippen LogP contribution in [0.3, 0.4) is 0 Å². The third kappa shape index (κ3) is 3.59. The first-order chi connectivity index (χ1) is 10.9. The molecule has 0 unspecified atom stereocenters. The van der Waals surface area contributed by atoms with Gasteiger partial charge in [0.25, 0.3) is 0 Å². The highest BCUT2D eigenvalue weighted by Crippen LogP contribution is 2.40. The van der Waals surface area contributed by atoms with Crippen LogP contribution in [0.15, 0.2) is 30.5 Å². The van der Waals surface area contributed by atoms with E-state index in [1.54, 1.807) is 30.5 Å². The van der Waals surface area contributed by atoms with Gasteiger partial charge in [0.05, 0.1) is 35.0 Å². The summed E-state index contributed by atoms with van der Waals surface area (Å²) in [6.45, 7) is 0. The average Bonchev–Trinajstić information content (AvgIpc) is 2.99. The lowest BCUT2D eigenvalue weighted by Gasteiger charge is -2.03. The number of rotatable bonds is 2. The normalized spacial score (nSPS) is 11.0. The summed E-state index contributed by atoms with van der Waals surface area (Å²) in [4.78, 5) is 5.29. The third-order valence-electron chi connectivity index (χ3n) is 3.00. The van der Waals surface area contributed by atoms with Gasteiger partial charge >= 0.3 is 0 Å². The highest BCUT2D eigenvalue weighted by molar-refractivity contribution is 7.18. The lowest BCUT2D eigenvalue weighted by atomic mass is 10.2. The van der Waals surface area contributed by atoms with Crippen molar-refractivity contribution < 1.29 is 0 Å². The van der Waals surface area contributed by atoms with Gasteiger partial charge in [-0.1, -0.05) is 69.6 Å². The summed E-state index contributed by atoms with van der Waals surface area (Å²) >= 11 is 37.7. The van der Waals surface area contributed by atoms with E-state index >= 15 is 0 Å². The molecule has 8 heteroatoms. The number of thiazole rings is 1. The predicted octanol–water partition coefficient (Wildman–Crippen LogP) is 8.40. The average molecular weight is 444 g/mol. The van der Waals surface area contributed by atoms with Gasteiger partial charge in [-0.2, -0.15) is 0 Å². The Bertz CT molecular complexity index is 787. The topological polar surface area (TPSA) is 12.9 Å². The van der Waals surface area contributed by atoms with E-state index in [2.05, 4.69) is 4.98 Å². The first kappa shape index (κ1) is 17.6. The van der Waals surface area contributed by atoms with Crippen LogP contribution in [-0.2, 0) is 0 Å². The lowest BCUT2D eigenvalue weighted by Crippen LogP contribution is -1.78. The molecule has 2 aromatic carbocycles. The fraction of sp³-hybridized carbons (Fsp3) is 0. The number of nitrogens with zero attached hydrogens (tertiary/aromatic N) is 1. The van der Waals surface area contributed by atoms with E-state index in [1.807, 2.05) is 0 Å². The molecular formula is C15H5Cl6NS. The van der Waals surface area contributed by atoms with Gasteiger partial charge in [-0.3, -0.25) is 0 Å². The highest BCUT2D eigenvalue weighted by atomic mass is 35.5. The number of hydrogen-bond donors (Lipinski definition) is 0. The number of benzene rings is 2. The molecule has 0 saturated carbocycles. The molecule has 0 radical (unpaired) electrons. The Morgan fingerprint density at radius 2 is 1.09 bits per heavy atom. The van der Waals surface area contributed by atoms with Crippen LogP contribution in [-0.4, -0.2) is 4.98 Å². The maximum Gasteiger partial charge on any atom is 0.123 e. The van der Waals surface area contributed by atoms with E-state index in [0.717, 1.165) is 21.0 Å². The van der Waals surface area contributed by atoms with E-state index < -0.39 is 0 Å². The second-order valence-electron chi connectivity index (χ2n) is 4.54. The first-order valence-corrected chi connectivity index (χ1v) is 9.21. The molecule has 0 amide bonds. The number of aromatic nitrogens is 1. The Balaban J connectivity index is 2.04. The maximum absolute atomic E-state index is 6.07. The molecule has 0 fully saturated rings. The summed E-state index contributed by atoms with van der Waals surface area (Å²) in [5.74, 6) is 0. The third-order valence-corrected chi connectivity index (χ3v) is 6.49. The van der Waals surface area contributed by atoms with Crippen molar-refractivity contribution in [3.63, 3.8) is 0 Å². The van der Waals surface area contributed by atoms with Crippen molar-refractivity contribution in [1.29, 1.82) is 0 Å². The summed E-state index contributed by atoms with van der Waals surface area (Å²) in [6.07, 6.45) is 1.73. The van der Waals surface area contributed by atoms with E-state index in [9.17, 15) is 0 Å². The Labute approximate surface area is 166 Å². The molecule has 0 atom stereocenters. The zero-order valence-corrected chi connectivity index (χ0v) is 16.4. The molecule has 1 heterocycles. The van der Waals surface area contributed by atoms with Gasteiger partial charge in [-0.15, -0.1) is 11.3 Å². The molecule has 0 aliphatic heterocycles. The van der Waals surface area contributed by atoms with Crippen molar-refractivity contribution in [2.45, 2.75) is 0 Å². The van der Waals surface area contributed by atoms with Crippen LogP contribution < -0.4 is 0 Å². The molecule has 23 heavy (non-hydrogen) atoms. The minimum atomic E-state index is 0.324. The van der Waals surface area contributed by atoms with Crippen molar-refractivity contribution in [2.24, 2.45) is 0 Å². The minimum absolute atomic E-state index is 0.324. The summed E-state index contributed by atoms with van der Waals surface area (Å²) in [5, 5.41) is 2.95. The van der Waals surface area contributed by atoms with E-state index in [1.165, 1.54) is 11.3 Å². The SMILES string of the molecule is Clc1cc(-c2cnc(-c3cc(Cl)c(Cl)c(Cl)c3)s2)cc(Cl)c1Cl. The van der Waals surface area contributed by atoms with Gasteiger partial charge in [0.1, 0.15) is 5.01 Å². The predicted molar refractivity (Wildman–Crippen MR) is 103 cm³/mol. The second-order valence-corrected chi connectivity index (χ2v) is 7.95. The van der Waals surface area contributed by atoms with Crippen LogP contribution in [0.4, 0.5) is 0 Å². The molecule has 1 nitrogen and oxygen atoms in total. The molecule has 0 aliphatic rings. The summed E-state index contributed by atoms with van der Waals surface area (Å²) in [6, 6.07) is 6.93. The van der Waals surface area contributed by atoms with Crippen molar-refractivity contribution >= 4 is 80.9 Å². The van der Waals surface area contributed by atoms with E-state index in [4.69, 9.17) is 69.6 Å².